The molecule has 0 radical (unpaired) electrons. The van der Waals surface area contributed by atoms with Gasteiger partial charge in [0, 0.05) is 38.5 Å². The summed E-state index contributed by atoms with van der Waals surface area (Å²) in [4.78, 5) is 29.7. The number of ether oxygens (including phenoxy) is 1. The highest BCUT2D eigenvalue weighted by Crippen LogP contribution is 2.35. The molecule has 0 aliphatic carbocycles. The molecule has 1 spiro atoms. The van der Waals surface area contributed by atoms with Crippen molar-refractivity contribution in [2.45, 2.75) is 32.4 Å². The summed E-state index contributed by atoms with van der Waals surface area (Å²) in [6, 6.07) is 4.98. The molecule has 146 valence electrons. The molecule has 0 saturated carbocycles. The molecule has 2 aromatic rings. The number of rotatable bonds is 1. The Morgan fingerprint density at radius 3 is 2.56 bits per heavy atom. The Morgan fingerprint density at radius 2 is 1.85 bits per heavy atom. The first-order valence-electron chi connectivity index (χ1n) is 9.10. The number of nitrogens with zero attached hydrogens (tertiary/aromatic N) is 2. The Kier molecular flexibility index (Phi) is 5.34. The van der Waals surface area contributed by atoms with Gasteiger partial charge in [-0.2, -0.15) is 0 Å². The van der Waals surface area contributed by atoms with E-state index in [0.717, 1.165) is 37.1 Å². The van der Waals surface area contributed by atoms with Gasteiger partial charge in [-0.15, -0.1) is 12.4 Å². The Morgan fingerprint density at radius 1 is 1.15 bits per heavy atom. The van der Waals surface area contributed by atoms with E-state index in [4.69, 9.17) is 9.15 Å². The average Bonchev–Trinajstić information content (AvgIpc) is 3.03. The highest BCUT2D eigenvalue weighted by Gasteiger charge is 2.47. The predicted molar refractivity (Wildman–Crippen MR) is 106 cm³/mol. The fraction of sp³-hybridized carbons (Fsp3) is 0.500. The van der Waals surface area contributed by atoms with Crippen LogP contribution in [0.25, 0.3) is 11.0 Å². The van der Waals surface area contributed by atoms with E-state index in [9.17, 15) is 9.59 Å². The Balaban J connectivity index is 0.00000210. The van der Waals surface area contributed by atoms with Crippen LogP contribution in [0.1, 0.15) is 34.5 Å². The highest BCUT2D eigenvalue weighted by molar-refractivity contribution is 5.94. The molecule has 1 aromatic carbocycles. The van der Waals surface area contributed by atoms with Gasteiger partial charge < -0.3 is 19.0 Å². The maximum atomic E-state index is 13.2. The van der Waals surface area contributed by atoms with Crippen molar-refractivity contribution in [2.24, 2.45) is 0 Å². The standard InChI is InChI=1S/C20H24N2O4.ClH/c1-13-4-5-15-16(23)12-17(26-18(15)14(13)2)19(24)22-10-11-25-20(22)6-8-21(3)9-7-20;/h4-5,12H,6-11H2,1-3H3;1H. The fourth-order valence-electron chi connectivity index (χ4n) is 3.97. The number of carbonyl (C=O) groups is 1. The van der Waals surface area contributed by atoms with Gasteiger partial charge in [0.2, 0.25) is 0 Å². The molecule has 2 aliphatic heterocycles. The summed E-state index contributed by atoms with van der Waals surface area (Å²) >= 11 is 0. The molecular weight excluding hydrogens is 368 g/mol. The SMILES string of the molecule is Cc1ccc2c(=O)cc(C(=O)N3CCOC34CCN(C)CC4)oc2c1C.Cl. The van der Waals surface area contributed by atoms with Gasteiger partial charge in [0.1, 0.15) is 11.3 Å². The molecule has 2 saturated heterocycles. The minimum Gasteiger partial charge on any atom is -0.450 e. The number of fused-ring (bicyclic) bond motifs is 1. The zero-order valence-corrected chi connectivity index (χ0v) is 16.7. The van der Waals surface area contributed by atoms with Gasteiger partial charge in [0.25, 0.3) is 5.91 Å². The number of carbonyl (C=O) groups excluding carboxylic acids is 1. The van der Waals surface area contributed by atoms with Crippen LogP contribution in [0.4, 0.5) is 0 Å². The summed E-state index contributed by atoms with van der Waals surface area (Å²) in [5.41, 5.74) is 1.66. The van der Waals surface area contributed by atoms with Crippen LogP contribution in [-0.4, -0.2) is 54.7 Å². The van der Waals surface area contributed by atoms with Gasteiger partial charge in [-0.25, -0.2) is 0 Å². The first-order valence-corrected chi connectivity index (χ1v) is 9.10. The minimum absolute atomic E-state index is 0. The number of amides is 1. The lowest BCUT2D eigenvalue weighted by molar-refractivity contribution is -0.103. The molecule has 0 unspecified atom stereocenters. The fourth-order valence-corrected chi connectivity index (χ4v) is 3.97. The molecular formula is C20H25ClN2O4. The van der Waals surface area contributed by atoms with Gasteiger partial charge >= 0.3 is 0 Å². The second-order valence-electron chi connectivity index (χ2n) is 7.41. The molecule has 0 atom stereocenters. The van der Waals surface area contributed by atoms with Gasteiger partial charge in [0.15, 0.2) is 11.2 Å². The summed E-state index contributed by atoms with van der Waals surface area (Å²) in [6.07, 6.45) is 1.54. The topological polar surface area (TPSA) is 63.0 Å². The van der Waals surface area contributed by atoms with Gasteiger partial charge in [-0.1, -0.05) is 6.07 Å². The normalized spacial score (nSPS) is 19.4. The van der Waals surface area contributed by atoms with Crippen molar-refractivity contribution < 1.29 is 13.9 Å². The molecule has 2 aliphatic rings. The van der Waals surface area contributed by atoms with Crippen LogP contribution in [0.15, 0.2) is 27.4 Å². The Bertz CT molecular complexity index is 931. The first kappa shape index (κ1) is 19.9. The van der Waals surface area contributed by atoms with Crippen molar-refractivity contribution in [1.82, 2.24) is 9.80 Å². The maximum Gasteiger partial charge on any atom is 0.292 e. The summed E-state index contributed by atoms with van der Waals surface area (Å²) in [5.74, 6) is -0.160. The van der Waals surface area contributed by atoms with E-state index in [0.29, 0.717) is 24.1 Å². The summed E-state index contributed by atoms with van der Waals surface area (Å²) in [6.45, 7) is 6.67. The van der Waals surface area contributed by atoms with Crippen LogP contribution in [0.2, 0.25) is 0 Å². The lowest BCUT2D eigenvalue weighted by Gasteiger charge is -2.42. The van der Waals surface area contributed by atoms with Crippen LogP contribution in [-0.2, 0) is 4.74 Å². The molecule has 1 aromatic heterocycles. The Labute approximate surface area is 164 Å². The van der Waals surface area contributed by atoms with Crippen LogP contribution in [0.5, 0.6) is 0 Å². The van der Waals surface area contributed by atoms with Crippen LogP contribution < -0.4 is 5.43 Å². The number of piperidine rings is 1. The van der Waals surface area contributed by atoms with Crippen molar-refractivity contribution in [1.29, 1.82) is 0 Å². The minimum atomic E-state index is -0.571. The molecule has 1 amide bonds. The molecule has 0 N–H and O–H groups in total. The van der Waals surface area contributed by atoms with Crippen molar-refractivity contribution >= 4 is 29.3 Å². The number of benzene rings is 1. The third-order valence-corrected chi connectivity index (χ3v) is 5.82. The quantitative estimate of drug-likeness (QED) is 0.746. The molecule has 4 rings (SSSR count). The van der Waals surface area contributed by atoms with E-state index in [1.165, 1.54) is 6.07 Å². The number of likely N-dealkylation sites (tertiary alicyclic amines) is 1. The first-order chi connectivity index (χ1) is 12.4. The molecule has 2 fully saturated rings. The monoisotopic (exact) mass is 392 g/mol. The van der Waals surface area contributed by atoms with Gasteiger partial charge in [0.05, 0.1) is 12.0 Å². The third kappa shape index (κ3) is 3.26. The van der Waals surface area contributed by atoms with Crippen LogP contribution in [0, 0.1) is 13.8 Å². The van der Waals surface area contributed by atoms with E-state index in [1.807, 2.05) is 19.9 Å². The summed E-state index contributed by atoms with van der Waals surface area (Å²) < 4.78 is 11.9. The predicted octanol–water partition coefficient (Wildman–Crippen LogP) is 2.73. The number of hydrogen-bond donors (Lipinski definition) is 0. The lowest BCUT2D eigenvalue weighted by atomic mass is 9.99. The molecule has 27 heavy (non-hydrogen) atoms. The molecule has 3 heterocycles. The Hall–Kier alpha value is -1.89. The van der Waals surface area contributed by atoms with Crippen LogP contribution >= 0.6 is 12.4 Å². The van der Waals surface area contributed by atoms with Crippen LogP contribution in [0.3, 0.4) is 0 Å². The van der Waals surface area contributed by atoms with E-state index < -0.39 is 5.72 Å². The highest BCUT2D eigenvalue weighted by atomic mass is 35.5. The zero-order chi connectivity index (χ0) is 18.5. The van der Waals surface area contributed by atoms with Gasteiger partial charge in [-0.3, -0.25) is 9.59 Å². The number of aryl methyl sites for hydroxylation is 2. The third-order valence-electron chi connectivity index (χ3n) is 5.82. The van der Waals surface area contributed by atoms with Crippen molar-refractivity contribution in [3.8, 4) is 0 Å². The summed E-state index contributed by atoms with van der Waals surface area (Å²) in [5, 5.41) is 0.510. The smallest absolute Gasteiger partial charge is 0.292 e. The van der Waals surface area contributed by atoms with E-state index in [-0.39, 0.29) is 29.5 Å². The van der Waals surface area contributed by atoms with Crippen molar-refractivity contribution in [3.63, 3.8) is 0 Å². The van der Waals surface area contributed by atoms with E-state index in [2.05, 4.69) is 11.9 Å². The maximum absolute atomic E-state index is 13.2. The van der Waals surface area contributed by atoms with Gasteiger partial charge in [-0.05, 0) is 38.1 Å². The average molecular weight is 393 g/mol. The summed E-state index contributed by atoms with van der Waals surface area (Å²) in [7, 11) is 2.07. The van der Waals surface area contributed by atoms with Crippen molar-refractivity contribution in [3.05, 3.63) is 45.3 Å². The lowest BCUT2D eigenvalue weighted by Crippen LogP contribution is -2.54. The zero-order valence-electron chi connectivity index (χ0n) is 15.9. The van der Waals surface area contributed by atoms with E-state index in [1.54, 1.807) is 11.0 Å². The molecule has 7 heteroatoms. The number of halogens is 1. The molecule has 0 bridgehead atoms. The largest absolute Gasteiger partial charge is 0.450 e. The number of hydrogen-bond acceptors (Lipinski definition) is 5. The second-order valence-corrected chi connectivity index (χ2v) is 7.41. The van der Waals surface area contributed by atoms with Crippen molar-refractivity contribution in [2.75, 3.05) is 33.3 Å². The van der Waals surface area contributed by atoms with E-state index >= 15 is 0 Å². The second kappa shape index (κ2) is 7.26. The molecule has 6 nitrogen and oxygen atoms in total.